The Morgan fingerprint density at radius 2 is 1.94 bits per heavy atom. The van der Waals surface area contributed by atoms with Crippen molar-refractivity contribution in [2.45, 2.75) is 39.0 Å². The first-order valence-electron chi connectivity index (χ1n) is 5.66. The Bertz CT molecular complexity index is 236. The van der Waals surface area contributed by atoms with Crippen molar-refractivity contribution in [3.05, 3.63) is 0 Å². The van der Waals surface area contributed by atoms with E-state index in [4.69, 9.17) is 10.00 Å². The van der Waals surface area contributed by atoms with Gasteiger partial charge in [0.25, 0.3) is 0 Å². The number of nitrogens with one attached hydrogen (secondary N) is 1. The second kappa shape index (κ2) is 8.31. The Morgan fingerprint density at radius 1 is 1.29 bits per heavy atom. The molecule has 0 saturated carbocycles. The van der Waals surface area contributed by atoms with Crippen LogP contribution in [0.25, 0.3) is 0 Å². The maximum absolute atomic E-state index is 12.2. The standard InChI is InChI=1S/C11H19F3N2O/c1-9(2)17-6-4-3-5-16-8-10(7-15)11(12,13)14/h9-10,16H,3-6,8H2,1-2H3. The number of ether oxygens (including phenoxy) is 1. The van der Waals surface area contributed by atoms with Crippen LogP contribution in [0.1, 0.15) is 26.7 Å². The number of halogens is 3. The van der Waals surface area contributed by atoms with Gasteiger partial charge in [-0.15, -0.1) is 0 Å². The summed E-state index contributed by atoms with van der Waals surface area (Å²) >= 11 is 0. The van der Waals surface area contributed by atoms with E-state index in [1.807, 2.05) is 13.8 Å². The highest BCUT2D eigenvalue weighted by Crippen LogP contribution is 2.24. The Morgan fingerprint density at radius 3 is 2.41 bits per heavy atom. The van der Waals surface area contributed by atoms with Crippen LogP contribution < -0.4 is 5.32 Å². The molecule has 0 saturated heterocycles. The van der Waals surface area contributed by atoms with Crippen LogP contribution in [0, 0.1) is 17.2 Å². The van der Waals surface area contributed by atoms with Crippen molar-refractivity contribution in [2.24, 2.45) is 5.92 Å². The molecule has 0 aromatic rings. The zero-order valence-electron chi connectivity index (χ0n) is 10.2. The van der Waals surface area contributed by atoms with Crippen LogP contribution in [0.4, 0.5) is 13.2 Å². The summed E-state index contributed by atoms with van der Waals surface area (Å²) in [6.45, 7) is 4.60. The topological polar surface area (TPSA) is 45.0 Å². The lowest BCUT2D eigenvalue weighted by Crippen LogP contribution is -2.33. The normalized spacial score (nSPS) is 13.7. The van der Waals surface area contributed by atoms with Gasteiger partial charge in [-0.3, -0.25) is 0 Å². The quantitative estimate of drug-likeness (QED) is 0.675. The molecule has 0 aromatic heterocycles. The van der Waals surface area contributed by atoms with Gasteiger partial charge in [-0.2, -0.15) is 18.4 Å². The van der Waals surface area contributed by atoms with Crippen LogP contribution in [-0.4, -0.2) is 32.0 Å². The van der Waals surface area contributed by atoms with Crippen LogP contribution >= 0.6 is 0 Å². The first kappa shape index (κ1) is 16.2. The molecule has 0 rings (SSSR count). The molecule has 0 aliphatic heterocycles. The second-order valence-electron chi connectivity index (χ2n) is 4.05. The summed E-state index contributed by atoms with van der Waals surface area (Å²) in [4.78, 5) is 0. The van der Waals surface area contributed by atoms with E-state index in [9.17, 15) is 13.2 Å². The van der Waals surface area contributed by atoms with Crippen molar-refractivity contribution < 1.29 is 17.9 Å². The molecule has 0 aromatic carbocycles. The van der Waals surface area contributed by atoms with Crippen LogP contribution in [0.3, 0.4) is 0 Å². The smallest absolute Gasteiger partial charge is 0.379 e. The molecule has 17 heavy (non-hydrogen) atoms. The van der Waals surface area contributed by atoms with E-state index < -0.39 is 12.1 Å². The van der Waals surface area contributed by atoms with Crippen molar-refractivity contribution in [1.82, 2.24) is 5.32 Å². The summed E-state index contributed by atoms with van der Waals surface area (Å²) in [5.74, 6) is -1.92. The molecule has 0 aliphatic carbocycles. The molecule has 6 heteroatoms. The van der Waals surface area contributed by atoms with Crippen molar-refractivity contribution in [2.75, 3.05) is 19.7 Å². The lowest BCUT2D eigenvalue weighted by atomic mass is 10.1. The van der Waals surface area contributed by atoms with Gasteiger partial charge in [0, 0.05) is 13.2 Å². The predicted octanol–water partition coefficient (Wildman–Crippen LogP) is 2.48. The molecule has 0 bridgehead atoms. The fraction of sp³-hybridized carbons (Fsp3) is 0.909. The number of hydrogen-bond donors (Lipinski definition) is 1. The highest BCUT2D eigenvalue weighted by molar-refractivity contribution is 4.89. The van der Waals surface area contributed by atoms with Crippen LogP contribution in [0.5, 0.6) is 0 Å². The van der Waals surface area contributed by atoms with Gasteiger partial charge in [0.15, 0.2) is 5.92 Å². The van der Waals surface area contributed by atoms with Crippen molar-refractivity contribution in [1.29, 1.82) is 5.26 Å². The third-order valence-electron chi connectivity index (χ3n) is 2.10. The minimum Gasteiger partial charge on any atom is -0.379 e. The Balaban J connectivity index is 3.48. The number of nitriles is 1. The Kier molecular flexibility index (Phi) is 7.92. The zero-order valence-corrected chi connectivity index (χ0v) is 10.2. The fourth-order valence-electron chi connectivity index (χ4n) is 1.15. The SMILES string of the molecule is CC(C)OCCCCNCC(C#N)C(F)(F)F. The Labute approximate surface area is 99.9 Å². The third-order valence-corrected chi connectivity index (χ3v) is 2.10. The van der Waals surface area contributed by atoms with Crippen molar-refractivity contribution in [3.8, 4) is 6.07 Å². The minimum absolute atomic E-state index is 0.177. The molecule has 0 heterocycles. The van der Waals surface area contributed by atoms with Crippen LogP contribution in [0.15, 0.2) is 0 Å². The minimum atomic E-state index is -4.44. The number of alkyl halides is 3. The van der Waals surface area contributed by atoms with Crippen molar-refractivity contribution >= 4 is 0 Å². The van der Waals surface area contributed by atoms with E-state index in [1.165, 1.54) is 6.07 Å². The van der Waals surface area contributed by atoms with E-state index in [1.54, 1.807) is 0 Å². The van der Waals surface area contributed by atoms with Gasteiger partial charge in [-0.25, -0.2) is 0 Å². The maximum atomic E-state index is 12.2. The summed E-state index contributed by atoms with van der Waals surface area (Å²) in [6, 6.07) is 1.25. The Hall–Kier alpha value is -0.800. The van der Waals surface area contributed by atoms with Crippen LogP contribution in [-0.2, 0) is 4.74 Å². The van der Waals surface area contributed by atoms with E-state index in [2.05, 4.69) is 5.32 Å². The van der Waals surface area contributed by atoms with Gasteiger partial charge in [0.1, 0.15) is 0 Å². The summed E-state index contributed by atoms with van der Waals surface area (Å²) < 4.78 is 41.8. The molecular weight excluding hydrogens is 233 g/mol. The van der Waals surface area contributed by atoms with Gasteiger partial charge in [-0.1, -0.05) is 0 Å². The number of hydrogen-bond acceptors (Lipinski definition) is 3. The largest absolute Gasteiger partial charge is 0.405 e. The fourth-order valence-corrected chi connectivity index (χ4v) is 1.15. The first-order chi connectivity index (χ1) is 7.88. The van der Waals surface area contributed by atoms with Crippen LogP contribution in [0.2, 0.25) is 0 Å². The zero-order chi connectivity index (χ0) is 13.3. The summed E-state index contributed by atoms with van der Waals surface area (Å²) in [7, 11) is 0. The summed E-state index contributed by atoms with van der Waals surface area (Å²) in [5, 5.41) is 11.0. The first-order valence-corrected chi connectivity index (χ1v) is 5.66. The van der Waals surface area contributed by atoms with E-state index in [0.717, 1.165) is 12.8 Å². The third kappa shape index (κ3) is 8.95. The van der Waals surface area contributed by atoms with Crippen molar-refractivity contribution in [3.63, 3.8) is 0 Å². The van der Waals surface area contributed by atoms with E-state index >= 15 is 0 Å². The predicted molar refractivity (Wildman–Crippen MR) is 58.3 cm³/mol. The summed E-state index contributed by atoms with van der Waals surface area (Å²) in [5.41, 5.74) is 0. The molecule has 0 spiro atoms. The van der Waals surface area contributed by atoms with E-state index in [0.29, 0.717) is 13.2 Å². The molecule has 3 nitrogen and oxygen atoms in total. The van der Waals surface area contributed by atoms with Gasteiger partial charge in [0.2, 0.25) is 0 Å². The number of unbranched alkanes of at least 4 members (excludes halogenated alkanes) is 1. The molecule has 1 atom stereocenters. The van der Waals surface area contributed by atoms with Gasteiger partial charge in [0.05, 0.1) is 12.2 Å². The molecule has 100 valence electrons. The molecule has 0 radical (unpaired) electrons. The molecular formula is C11H19F3N2O. The maximum Gasteiger partial charge on any atom is 0.405 e. The average molecular weight is 252 g/mol. The van der Waals surface area contributed by atoms with Gasteiger partial charge >= 0.3 is 6.18 Å². The molecule has 1 N–H and O–H groups in total. The number of rotatable bonds is 8. The van der Waals surface area contributed by atoms with Gasteiger partial charge < -0.3 is 10.1 Å². The summed E-state index contributed by atoms with van der Waals surface area (Å²) in [6.07, 6.45) is -2.73. The molecule has 1 unspecified atom stereocenters. The number of nitrogens with zero attached hydrogens (tertiary/aromatic N) is 1. The van der Waals surface area contributed by atoms with E-state index in [-0.39, 0.29) is 12.6 Å². The molecule has 0 amide bonds. The average Bonchev–Trinajstić information content (AvgIpc) is 2.19. The monoisotopic (exact) mass is 252 g/mol. The highest BCUT2D eigenvalue weighted by atomic mass is 19.4. The lowest BCUT2D eigenvalue weighted by molar-refractivity contribution is -0.157. The van der Waals surface area contributed by atoms with Gasteiger partial charge in [-0.05, 0) is 33.2 Å². The molecule has 0 aliphatic rings. The highest BCUT2D eigenvalue weighted by Gasteiger charge is 2.39. The molecule has 0 fully saturated rings. The lowest BCUT2D eigenvalue weighted by Gasteiger charge is -2.13. The second-order valence-corrected chi connectivity index (χ2v) is 4.05.